The van der Waals surface area contributed by atoms with Crippen LogP contribution in [0, 0.1) is 12.7 Å². The molecule has 2 N–H and O–H groups in total. The van der Waals surface area contributed by atoms with E-state index in [1.54, 1.807) is 18.2 Å². The normalized spacial score (nSPS) is 10.8. The third-order valence-corrected chi connectivity index (χ3v) is 3.73. The molecule has 2 heterocycles. The first-order valence-corrected chi connectivity index (χ1v) is 6.41. The van der Waals surface area contributed by atoms with Crippen LogP contribution in [-0.2, 0) is 0 Å². The zero-order valence-corrected chi connectivity index (χ0v) is 10.9. The molecular formula is C13H10FN3OS. The van der Waals surface area contributed by atoms with E-state index in [1.165, 1.54) is 17.4 Å². The summed E-state index contributed by atoms with van der Waals surface area (Å²) in [6, 6.07) is 8.15. The molecule has 0 saturated heterocycles. The van der Waals surface area contributed by atoms with Crippen LogP contribution in [0.25, 0.3) is 22.2 Å². The Balaban J connectivity index is 2.05. The number of nitrogen functional groups attached to an aromatic ring is 1. The second kappa shape index (κ2) is 4.47. The molecule has 0 fully saturated rings. The zero-order valence-electron chi connectivity index (χ0n) is 10.1. The summed E-state index contributed by atoms with van der Waals surface area (Å²) in [6.07, 6.45) is 0. The number of hydrogen-bond donors (Lipinski definition) is 1. The zero-order chi connectivity index (χ0) is 13.4. The lowest BCUT2D eigenvalue weighted by Crippen LogP contribution is -1.85. The molecule has 3 rings (SSSR count). The van der Waals surface area contributed by atoms with Gasteiger partial charge in [0, 0.05) is 0 Å². The highest BCUT2D eigenvalue weighted by Crippen LogP contribution is 2.33. The molecule has 0 aliphatic heterocycles. The third-order valence-electron chi connectivity index (χ3n) is 2.67. The number of anilines is 1. The standard InChI is InChI=1S/C13H10FN3OS/c1-7-6-10(15)19-11(7)13-16-12(17-18-13)8-4-2-3-5-9(8)14/h2-6H,15H2,1H3. The maximum Gasteiger partial charge on any atom is 0.268 e. The summed E-state index contributed by atoms with van der Waals surface area (Å²) in [5.74, 6) is 0.217. The summed E-state index contributed by atoms with van der Waals surface area (Å²) in [6.45, 7) is 1.91. The number of thiophene rings is 1. The maximum atomic E-state index is 13.6. The molecule has 4 nitrogen and oxygen atoms in total. The van der Waals surface area contributed by atoms with Crippen molar-refractivity contribution < 1.29 is 8.91 Å². The van der Waals surface area contributed by atoms with Gasteiger partial charge in [0.25, 0.3) is 5.89 Å². The predicted octanol–water partition coefficient (Wildman–Crippen LogP) is 3.49. The third kappa shape index (κ3) is 2.10. The summed E-state index contributed by atoms with van der Waals surface area (Å²) < 4.78 is 18.8. The number of aryl methyl sites for hydroxylation is 1. The van der Waals surface area contributed by atoms with Gasteiger partial charge in [0.2, 0.25) is 5.82 Å². The number of benzene rings is 1. The largest absolute Gasteiger partial charge is 0.391 e. The molecule has 1 aromatic carbocycles. The Hall–Kier alpha value is -2.21. The van der Waals surface area contributed by atoms with E-state index in [0.29, 0.717) is 16.5 Å². The van der Waals surface area contributed by atoms with Gasteiger partial charge < -0.3 is 10.3 Å². The van der Waals surface area contributed by atoms with Gasteiger partial charge >= 0.3 is 0 Å². The molecule has 0 amide bonds. The highest BCUT2D eigenvalue weighted by Gasteiger charge is 2.16. The van der Waals surface area contributed by atoms with Gasteiger partial charge in [0.15, 0.2) is 0 Å². The van der Waals surface area contributed by atoms with E-state index in [1.807, 2.05) is 13.0 Å². The summed E-state index contributed by atoms with van der Waals surface area (Å²) in [4.78, 5) is 5.04. The van der Waals surface area contributed by atoms with E-state index in [2.05, 4.69) is 10.1 Å². The number of nitrogens with zero attached hydrogens (tertiary/aromatic N) is 2. The Morgan fingerprint density at radius 2 is 2.11 bits per heavy atom. The first-order chi connectivity index (χ1) is 9.15. The maximum absolute atomic E-state index is 13.6. The van der Waals surface area contributed by atoms with Gasteiger partial charge in [0.1, 0.15) is 5.82 Å². The molecule has 0 aliphatic carbocycles. The summed E-state index contributed by atoms with van der Waals surface area (Å²) in [7, 11) is 0. The lowest BCUT2D eigenvalue weighted by Gasteiger charge is -1.94. The van der Waals surface area contributed by atoms with Crippen molar-refractivity contribution in [3.05, 3.63) is 41.7 Å². The molecule has 0 radical (unpaired) electrons. The fourth-order valence-corrected chi connectivity index (χ4v) is 2.65. The summed E-state index contributed by atoms with van der Waals surface area (Å²) in [5, 5.41) is 4.49. The fourth-order valence-electron chi connectivity index (χ4n) is 1.79. The van der Waals surface area contributed by atoms with Gasteiger partial charge in [-0.3, -0.25) is 0 Å². The van der Waals surface area contributed by atoms with Crippen molar-refractivity contribution in [2.45, 2.75) is 6.92 Å². The SMILES string of the molecule is Cc1cc(N)sc1-c1nc(-c2ccccc2F)no1. The molecule has 0 aliphatic rings. The highest BCUT2D eigenvalue weighted by atomic mass is 32.1. The number of rotatable bonds is 2. The van der Waals surface area contributed by atoms with Gasteiger partial charge in [-0.15, -0.1) is 11.3 Å². The van der Waals surface area contributed by atoms with Gasteiger partial charge in [-0.1, -0.05) is 17.3 Å². The predicted molar refractivity (Wildman–Crippen MR) is 72.2 cm³/mol. The molecule has 96 valence electrons. The van der Waals surface area contributed by atoms with Crippen LogP contribution in [0.2, 0.25) is 0 Å². The molecule has 0 bridgehead atoms. The molecule has 3 aromatic rings. The Morgan fingerprint density at radius 3 is 2.79 bits per heavy atom. The Kier molecular flexibility index (Phi) is 2.79. The van der Waals surface area contributed by atoms with Crippen LogP contribution in [0.1, 0.15) is 5.56 Å². The van der Waals surface area contributed by atoms with Gasteiger partial charge in [-0.05, 0) is 30.7 Å². The lowest BCUT2D eigenvalue weighted by molar-refractivity contribution is 0.432. The number of aromatic nitrogens is 2. The van der Waals surface area contributed by atoms with Crippen molar-refractivity contribution in [2.24, 2.45) is 0 Å². The van der Waals surface area contributed by atoms with E-state index in [0.717, 1.165) is 10.4 Å². The first kappa shape index (κ1) is 11.9. The van der Waals surface area contributed by atoms with Crippen LogP contribution in [0.5, 0.6) is 0 Å². The van der Waals surface area contributed by atoms with Crippen LogP contribution < -0.4 is 5.73 Å². The van der Waals surface area contributed by atoms with Crippen LogP contribution in [0.4, 0.5) is 9.39 Å². The van der Waals surface area contributed by atoms with Crippen molar-refractivity contribution in [2.75, 3.05) is 5.73 Å². The minimum atomic E-state index is -0.378. The van der Waals surface area contributed by atoms with Crippen molar-refractivity contribution in [1.82, 2.24) is 10.1 Å². The Morgan fingerprint density at radius 1 is 1.32 bits per heavy atom. The first-order valence-electron chi connectivity index (χ1n) is 5.60. The number of nitrogens with two attached hydrogens (primary N) is 1. The minimum Gasteiger partial charge on any atom is -0.391 e. The average Bonchev–Trinajstić information content (AvgIpc) is 2.96. The molecule has 0 unspecified atom stereocenters. The van der Waals surface area contributed by atoms with Gasteiger partial charge in [-0.2, -0.15) is 4.98 Å². The Bertz CT molecular complexity index is 735. The van der Waals surface area contributed by atoms with Gasteiger partial charge in [-0.25, -0.2) is 4.39 Å². The van der Waals surface area contributed by atoms with Crippen LogP contribution in [0.3, 0.4) is 0 Å². The van der Waals surface area contributed by atoms with E-state index < -0.39 is 0 Å². The molecule has 0 spiro atoms. The molecule has 6 heteroatoms. The molecule has 0 atom stereocenters. The van der Waals surface area contributed by atoms with Crippen LogP contribution >= 0.6 is 11.3 Å². The fraction of sp³-hybridized carbons (Fsp3) is 0.0769. The van der Waals surface area contributed by atoms with E-state index >= 15 is 0 Å². The van der Waals surface area contributed by atoms with Crippen LogP contribution in [0.15, 0.2) is 34.9 Å². The highest BCUT2D eigenvalue weighted by molar-refractivity contribution is 7.19. The van der Waals surface area contributed by atoms with Crippen LogP contribution in [-0.4, -0.2) is 10.1 Å². The van der Waals surface area contributed by atoms with Crippen molar-refractivity contribution in [1.29, 1.82) is 0 Å². The van der Waals surface area contributed by atoms with Crippen molar-refractivity contribution in [3.63, 3.8) is 0 Å². The van der Waals surface area contributed by atoms with Crippen molar-refractivity contribution >= 4 is 16.3 Å². The van der Waals surface area contributed by atoms with E-state index in [4.69, 9.17) is 10.3 Å². The summed E-state index contributed by atoms with van der Waals surface area (Å²) >= 11 is 1.37. The van der Waals surface area contributed by atoms with E-state index in [9.17, 15) is 4.39 Å². The number of hydrogen-bond acceptors (Lipinski definition) is 5. The van der Waals surface area contributed by atoms with Gasteiger partial charge in [0.05, 0.1) is 15.4 Å². The molecule has 0 saturated carbocycles. The quantitative estimate of drug-likeness (QED) is 0.777. The smallest absolute Gasteiger partial charge is 0.268 e. The second-order valence-corrected chi connectivity index (χ2v) is 5.15. The summed E-state index contributed by atoms with van der Waals surface area (Å²) in [5.41, 5.74) is 7.01. The minimum absolute atomic E-state index is 0.236. The molecular weight excluding hydrogens is 265 g/mol. The molecule has 19 heavy (non-hydrogen) atoms. The van der Waals surface area contributed by atoms with E-state index in [-0.39, 0.29) is 11.6 Å². The average molecular weight is 275 g/mol. The lowest BCUT2D eigenvalue weighted by atomic mass is 10.2. The monoisotopic (exact) mass is 275 g/mol. The second-order valence-electron chi connectivity index (χ2n) is 4.06. The topological polar surface area (TPSA) is 64.9 Å². The Labute approximate surface area is 112 Å². The molecule has 2 aromatic heterocycles. The number of halogens is 1. The van der Waals surface area contributed by atoms with Crippen molar-refractivity contribution in [3.8, 4) is 22.2 Å².